The zero-order chi connectivity index (χ0) is 17.3. The lowest BCUT2D eigenvalue weighted by Gasteiger charge is -2.20. The fraction of sp³-hybridized carbons (Fsp3) is 0.733. The summed E-state index contributed by atoms with van der Waals surface area (Å²) in [5.74, 6) is 0.605. The number of nitrogens with zero attached hydrogens (tertiary/aromatic N) is 3. The van der Waals surface area contributed by atoms with E-state index in [1.54, 1.807) is 7.05 Å². The Labute approximate surface area is 166 Å². The summed E-state index contributed by atoms with van der Waals surface area (Å²) in [7, 11) is 1.66. The van der Waals surface area contributed by atoms with Gasteiger partial charge in [0.15, 0.2) is 11.7 Å². The lowest BCUT2D eigenvalue weighted by atomic mass is 10.2. The molecular weight excluding hydrogens is 466 g/mol. The average Bonchev–Trinajstić information content (AvgIpc) is 3.11. The van der Waals surface area contributed by atoms with Crippen LogP contribution in [0.5, 0.6) is 0 Å². The zero-order valence-electron chi connectivity index (χ0n) is 14.1. The molecule has 2 N–H and O–H groups in total. The van der Waals surface area contributed by atoms with Crippen molar-refractivity contribution in [3.63, 3.8) is 0 Å². The SMILES string of the molecule is CN=C(NCc1nc(C(F)(F)F)cs1)NC1CC(C)N(C2CC2)C1.I. The van der Waals surface area contributed by atoms with Gasteiger partial charge in [0.05, 0.1) is 6.54 Å². The molecule has 2 heterocycles. The van der Waals surface area contributed by atoms with E-state index in [0.717, 1.165) is 35.7 Å². The van der Waals surface area contributed by atoms with E-state index in [1.807, 2.05) is 0 Å². The summed E-state index contributed by atoms with van der Waals surface area (Å²) < 4.78 is 37.7. The molecule has 0 bridgehead atoms. The van der Waals surface area contributed by atoms with Gasteiger partial charge in [-0.2, -0.15) is 13.2 Å². The Morgan fingerprint density at radius 2 is 2.16 bits per heavy atom. The Morgan fingerprint density at radius 3 is 2.72 bits per heavy atom. The van der Waals surface area contributed by atoms with Crippen molar-refractivity contribution >= 4 is 41.3 Å². The molecule has 1 aromatic rings. The Kier molecular flexibility index (Phi) is 6.94. The highest BCUT2D eigenvalue weighted by Gasteiger charge is 2.39. The quantitative estimate of drug-likeness (QED) is 0.388. The molecule has 0 aromatic carbocycles. The fourth-order valence-electron chi connectivity index (χ4n) is 3.15. The second-order valence-corrected chi connectivity index (χ2v) is 7.35. The molecule has 0 spiro atoms. The van der Waals surface area contributed by atoms with Crippen LogP contribution in [0, 0.1) is 0 Å². The van der Waals surface area contributed by atoms with Crippen molar-refractivity contribution in [1.82, 2.24) is 20.5 Å². The molecule has 10 heteroatoms. The van der Waals surface area contributed by atoms with E-state index in [9.17, 15) is 13.2 Å². The van der Waals surface area contributed by atoms with Gasteiger partial charge in [0.2, 0.25) is 0 Å². The smallest absolute Gasteiger partial charge is 0.352 e. The molecule has 3 rings (SSSR count). The van der Waals surface area contributed by atoms with Crippen molar-refractivity contribution in [2.75, 3.05) is 13.6 Å². The highest BCUT2D eigenvalue weighted by atomic mass is 127. The van der Waals surface area contributed by atoms with Gasteiger partial charge in [-0.1, -0.05) is 0 Å². The molecule has 1 aromatic heterocycles. The predicted molar refractivity (Wildman–Crippen MR) is 103 cm³/mol. The highest BCUT2D eigenvalue weighted by Crippen LogP contribution is 2.33. The van der Waals surface area contributed by atoms with Crippen molar-refractivity contribution in [1.29, 1.82) is 0 Å². The van der Waals surface area contributed by atoms with Gasteiger partial charge < -0.3 is 10.6 Å². The van der Waals surface area contributed by atoms with Crippen molar-refractivity contribution in [2.45, 2.75) is 57.0 Å². The molecule has 1 saturated carbocycles. The van der Waals surface area contributed by atoms with Crippen LogP contribution in [0.4, 0.5) is 13.2 Å². The minimum absolute atomic E-state index is 0. The normalized spacial score (nSPS) is 24.9. The third kappa shape index (κ3) is 5.43. The van der Waals surface area contributed by atoms with Gasteiger partial charge in [0, 0.05) is 37.1 Å². The number of rotatable bonds is 4. The number of likely N-dealkylation sites (tertiary alicyclic amines) is 1. The second kappa shape index (κ2) is 8.38. The van der Waals surface area contributed by atoms with Gasteiger partial charge in [-0.05, 0) is 26.2 Å². The molecule has 0 amide bonds. The lowest BCUT2D eigenvalue weighted by molar-refractivity contribution is -0.140. The summed E-state index contributed by atoms with van der Waals surface area (Å²) in [5, 5.41) is 7.85. The van der Waals surface area contributed by atoms with E-state index in [0.29, 0.717) is 23.1 Å². The number of hydrogen-bond donors (Lipinski definition) is 2. The number of nitrogens with one attached hydrogen (secondary N) is 2. The summed E-state index contributed by atoms with van der Waals surface area (Å²) in [6.45, 7) is 3.46. The number of guanidine groups is 1. The van der Waals surface area contributed by atoms with Crippen LogP contribution in [0.25, 0.3) is 0 Å². The van der Waals surface area contributed by atoms with Crippen molar-refractivity contribution in [2.24, 2.45) is 4.99 Å². The van der Waals surface area contributed by atoms with Gasteiger partial charge in [0.1, 0.15) is 5.01 Å². The van der Waals surface area contributed by atoms with E-state index in [-0.39, 0.29) is 30.5 Å². The predicted octanol–water partition coefficient (Wildman–Crippen LogP) is 3.07. The van der Waals surface area contributed by atoms with Crippen LogP contribution in [0.1, 0.15) is 36.9 Å². The first-order valence-corrected chi connectivity index (χ1v) is 8.99. The average molecular weight is 489 g/mol. The fourth-order valence-corrected chi connectivity index (χ4v) is 3.89. The molecule has 1 aliphatic heterocycles. The minimum atomic E-state index is -4.39. The number of alkyl halides is 3. The molecule has 5 nitrogen and oxygen atoms in total. The molecule has 2 atom stereocenters. The van der Waals surface area contributed by atoms with E-state index < -0.39 is 11.9 Å². The Hall–Kier alpha value is -0.620. The largest absolute Gasteiger partial charge is 0.434 e. The van der Waals surface area contributed by atoms with Crippen LogP contribution < -0.4 is 10.6 Å². The number of aromatic nitrogens is 1. The molecule has 2 aliphatic rings. The molecule has 1 saturated heterocycles. The topological polar surface area (TPSA) is 52.6 Å². The zero-order valence-corrected chi connectivity index (χ0v) is 17.3. The van der Waals surface area contributed by atoms with Crippen molar-refractivity contribution in [3.05, 3.63) is 16.1 Å². The molecule has 0 radical (unpaired) electrons. The number of hydrogen-bond acceptors (Lipinski definition) is 4. The summed E-state index contributed by atoms with van der Waals surface area (Å²) in [4.78, 5) is 10.3. The second-order valence-electron chi connectivity index (χ2n) is 6.40. The monoisotopic (exact) mass is 489 g/mol. The number of halogens is 4. The molecule has 1 aliphatic carbocycles. The summed E-state index contributed by atoms with van der Waals surface area (Å²) in [5.41, 5.74) is -0.836. The summed E-state index contributed by atoms with van der Waals surface area (Å²) >= 11 is 1.000. The Bertz CT molecular complexity index is 602. The van der Waals surface area contributed by atoms with E-state index in [1.165, 1.54) is 12.8 Å². The van der Waals surface area contributed by atoms with Gasteiger partial charge in [-0.15, -0.1) is 35.3 Å². The third-order valence-electron chi connectivity index (χ3n) is 4.45. The first-order chi connectivity index (χ1) is 11.4. The van der Waals surface area contributed by atoms with Crippen LogP contribution >= 0.6 is 35.3 Å². The van der Waals surface area contributed by atoms with Crippen LogP contribution in [-0.2, 0) is 12.7 Å². The lowest BCUT2D eigenvalue weighted by Crippen LogP contribution is -2.44. The number of thiazole rings is 1. The summed E-state index contributed by atoms with van der Waals surface area (Å²) in [6, 6.07) is 1.60. The standard InChI is InChI=1S/C15H22F3N5S.HI/c1-9-5-10(7-23(9)11-3-4-11)21-14(19-2)20-6-13-22-12(8-24-13)15(16,17)18;/h8-11H,3-7H2,1-2H3,(H2,19,20,21);1H. The maximum absolute atomic E-state index is 12.6. The maximum atomic E-state index is 12.6. The summed E-state index contributed by atoms with van der Waals surface area (Å²) in [6.07, 6.45) is -0.765. The van der Waals surface area contributed by atoms with Gasteiger partial charge >= 0.3 is 6.18 Å². The van der Waals surface area contributed by atoms with Gasteiger partial charge in [0.25, 0.3) is 0 Å². The molecule has 2 unspecified atom stereocenters. The first kappa shape index (κ1) is 20.7. The highest BCUT2D eigenvalue weighted by molar-refractivity contribution is 14.0. The van der Waals surface area contributed by atoms with Gasteiger partial charge in [-0.3, -0.25) is 9.89 Å². The van der Waals surface area contributed by atoms with E-state index in [4.69, 9.17) is 0 Å². The first-order valence-electron chi connectivity index (χ1n) is 8.11. The Balaban J connectivity index is 0.00000225. The van der Waals surface area contributed by atoms with Crippen molar-refractivity contribution < 1.29 is 13.2 Å². The van der Waals surface area contributed by atoms with Crippen molar-refractivity contribution in [3.8, 4) is 0 Å². The van der Waals surface area contributed by atoms with E-state index >= 15 is 0 Å². The molecule has 2 fully saturated rings. The molecule has 25 heavy (non-hydrogen) atoms. The van der Waals surface area contributed by atoms with Crippen LogP contribution in [0.15, 0.2) is 10.4 Å². The van der Waals surface area contributed by atoms with Crippen LogP contribution in [-0.4, -0.2) is 47.6 Å². The van der Waals surface area contributed by atoms with Crippen LogP contribution in [0.2, 0.25) is 0 Å². The molecular formula is C15H23F3IN5S. The number of aliphatic imine (C=N–C) groups is 1. The van der Waals surface area contributed by atoms with Gasteiger partial charge in [-0.25, -0.2) is 4.98 Å². The third-order valence-corrected chi connectivity index (χ3v) is 5.30. The maximum Gasteiger partial charge on any atom is 0.434 e. The molecule has 142 valence electrons. The minimum Gasteiger partial charge on any atom is -0.352 e. The van der Waals surface area contributed by atoms with Crippen LogP contribution in [0.3, 0.4) is 0 Å². The van der Waals surface area contributed by atoms with E-state index in [2.05, 4.69) is 32.4 Å². The Morgan fingerprint density at radius 1 is 1.44 bits per heavy atom.